The number of hydrogen-bond donors (Lipinski definition) is 2. The summed E-state index contributed by atoms with van der Waals surface area (Å²) >= 11 is 0. The van der Waals surface area contributed by atoms with E-state index in [0.29, 0.717) is 5.92 Å². The van der Waals surface area contributed by atoms with Crippen molar-refractivity contribution in [3.63, 3.8) is 0 Å². The molecule has 0 spiro atoms. The van der Waals surface area contributed by atoms with E-state index < -0.39 is 0 Å². The number of hydrazine groups is 1. The van der Waals surface area contributed by atoms with Crippen molar-refractivity contribution in [1.82, 2.24) is 5.43 Å². The zero-order valence-corrected chi connectivity index (χ0v) is 9.96. The van der Waals surface area contributed by atoms with E-state index in [1.807, 2.05) is 0 Å². The summed E-state index contributed by atoms with van der Waals surface area (Å²) in [5, 5.41) is 0. The molecule has 15 heavy (non-hydrogen) atoms. The van der Waals surface area contributed by atoms with Crippen molar-refractivity contribution < 1.29 is 0 Å². The van der Waals surface area contributed by atoms with Gasteiger partial charge in [0.25, 0.3) is 0 Å². The quantitative estimate of drug-likeness (QED) is 0.574. The lowest BCUT2D eigenvalue weighted by molar-refractivity contribution is 0.381. The highest BCUT2D eigenvalue weighted by Gasteiger charge is 2.18. The molecule has 84 valence electrons. The minimum Gasteiger partial charge on any atom is -0.271 e. The third kappa shape index (κ3) is 2.80. The van der Waals surface area contributed by atoms with E-state index >= 15 is 0 Å². The summed E-state index contributed by atoms with van der Waals surface area (Å²) in [5.41, 5.74) is 5.68. The maximum absolute atomic E-state index is 5.65. The molecule has 0 radical (unpaired) electrons. The number of aryl methyl sites for hydroxylation is 1. The van der Waals surface area contributed by atoms with Gasteiger partial charge in [-0.3, -0.25) is 11.3 Å². The second-order valence-electron chi connectivity index (χ2n) is 4.08. The van der Waals surface area contributed by atoms with Crippen LogP contribution in [-0.2, 0) is 6.42 Å². The van der Waals surface area contributed by atoms with Crippen LogP contribution >= 0.6 is 0 Å². The van der Waals surface area contributed by atoms with Gasteiger partial charge in [0.1, 0.15) is 0 Å². The van der Waals surface area contributed by atoms with Crippen LogP contribution in [0.15, 0.2) is 24.3 Å². The average Bonchev–Trinajstić information content (AvgIpc) is 2.30. The normalized spacial score (nSPS) is 14.9. The van der Waals surface area contributed by atoms with Crippen molar-refractivity contribution in [2.75, 3.05) is 0 Å². The topological polar surface area (TPSA) is 38.0 Å². The number of rotatable bonds is 5. The van der Waals surface area contributed by atoms with Crippen LogP contribution in [0.5, 0.6) is 0 Å². The Labute approximate surface area is 92.8 Å². The molecule has 0 aliphatic rings. The Kier molecular flexibility index (Phi) is 4.79. The molecule has 3 N–H and O–H groups in total. The summed E-state index contributed by atoms with van der Waals surface area (Å²) in [6, 6.07) is 8.80. The predicted molar refractivity (Wildman–Crippen MR) is 65.3 cm³/mol. The van der Waals surface area contributed by atoms with Gasteiger partial charge in [0.15, 0.2) is 0 Å². The van der Waals surface area contributed by atoms with Gasteiger partial charge in [-0.15, -0.1) is 0 Å². The first-order valence-corrected chi connectivity index (χ1v) is 5.78. The molecule has 2 atom stereocenters. The number of nitrogens with two attached hydrogens (primary N) is 1. The van der Waals surface area contributed by atoms with E-state index in [1.54, 1.807) is 0 Å². The summed E-state index contributed by atoms with van der Waals surface area (Å²) in [5.74, 6) is 6.21. The largest absolute Gasteiger partial charge is 0.271 e. The van der Waals surface area contributed by atoms with Crippen molar-refractivity contribution in [3.8, 4) is 0 Å². The molecule has 0 fully saturated rings. The highest BCUT2D eigenvalue weighted by Crippen LogP contribution is 2.26. The standard InChI is InChI=1S/C13H22N2/c1-4-10(3)13(15-14)12-9-7-6-8-11(12)5-2/h6-10,13,15H,4-5,14H2,1-3H3. The first kappa shape index (κ1) is 12.2. The molecule has 1 rings (SSSR count). The molecule has 0 aromatic heterocycles. The van der Waals surface area contributed by atoms with Crippen LogP contribution in [0, 0.1) is 5.92 Å². The first-order valence-electron chi connectivity index (χ1n) is 5.78. The van der Waals surface area contributed by atoms with Crippen LogP contribution in [0.2, 0.25) is 0 Å². The van der Waals surface area contributed by atoms with Crippen LogP contribution in [0.1, 0.15) is 44.4 Å². The lowest BCUT2D eigenvalue weighted by Crippen LogP contribution is -2.33. The third-order valence-electron chi connectivity index (χ3n) is 3.16. The predicted octanol–water partition coefficient (Wildman–Crippen LogP) is 2.80. The second-order valence-corrected chi connectivity index (χ2v) is 4.08. The molecule has 1 aromatic rings. The Bertz CT molecular complexity index is 296. The number of benzene rings is 1. The van der Waals surface area contributed by atoms with Crippen LogP contribution in [0.25, 0.3) is 0 Å². The molecule has 0 heterocycles. The molecule has 0 saturated carbocycles. The van der Waals surface area contributed by atoms with Crippen LogP contribution in [-0.4, -0.2) is 0 Å². The molecule has 2 nitrogen and oxygen atoms in total. The van der Waals surface area contributed by atoms with E-state index in [2.05, 4.69) is 50.5 Å². The summed E-state index contributed by atoms with van der Waals surface area (Å²) in [6.45, 7) is 6.61. The Morgan fingerprint density at radius 2 is 1.93 bits per heavy atom. The highest BCUT2D eigenvalue weighted by molar-refractivity contribution is 5.30. The highest BCUT2D eigenvalue weighted by atomic mass is 15.2. The maximum atomic E-state index is 5.65. The lowest BCUT2D eigenvalue weighted by atomic mass is 9.89. The van der Waals surface area contributed by atoms with Gasteiger partial charge in [0.05, 0.1) is 0 Å². The third-order valence-corrected chi connectivity index (χ3v) is 3.16. The Morgan fingerprint density at radius 1 is 1.27 bits per heavy atom. The molecule has 1 aromatic carbocycles. The summed E-state index contributed by atoms with van der Waals surface area (Å²) in [7, 11) is 0. The van der Waals surface area contributed by atoms with Gasteiger partial charge in [-0.25, -0.2) is 0 Å². The second kappa shape index (κ2) is 5.89. The fraction of sp³-hybridized carbons (Fsp3) is 0.538. The number of nitrogens with one attached hydrogen (secondary N) is 1. The average molecular weight is 206 g/mol. The molecule has 0 saturated heterocycles. The summed E-state index contributed by atoms with van der Waals surface area (Å²) in [4.78, 5) is 0. The van der Waals surface area contributed by atoms with Gasteiger partial charge in [-0.1, -0.05) is 51.5 Å². The molecule has 0 aliphatic carbocycles. The van der Waals surface area contributed by atoms with Gasteiger partial charge < -0.3 is 0 Å². The van der Waals surface area contributed by atoms with Gasteiger partial charge in [-0.05, 0) is 23.5 Å². The smallest absolute Gasteiger partial charge is 0.0488 e. The van der Waals surface area contributed by atoms with Crippen molar-refractivity contribution in [2.24, 2.45) is 11.8 Å². The fourth-order valence-electron chi connectivity index (χ4n) is 1.96. The van der Waals surface area contributed by atoms with Crippen molar-refractivity contribution in [1.29, 1.82) is 0 Å². The van der Waals surface area contributed by atoms with Gasteiger partial charge >= 0.3 is 0 Å². The fourth-order valence-corrected chi connectivity index (χ4v) is 1.96. The van der Waals surface area contributed by atoms with Crippen LogP contribution < -0.4 is 11.3 Å². The Balaban J connectivity index is 3.00. The van der Waals surface area contributed by atoms with E-state index in [-0.39, 0.29) is 6.04 Å². The Morgan fingerprint density at radius 3 is 2.47 bits per heavy atom. The van der Waals surface area contributed by atoms with Crippen molar-refractivity contribution in [3.05, 3.63) is 35.4 Å². The molecular formula is C13H22N2. The van der Waals surface area contributed by atoms with Crippen LogP contribution in [0.3, 0.4) is 0 Å². The molecular weight excluding hydrogens is 184 g/mol. The Hall–Kier alpha value is -0.860. The molecule has 2 heteroatoms. The minimum atomic E-state index is 0.270. The van der Waals surface area contributed by atoms with Gasteiger partial charge in [0.2, 0.25) is 0 Å². The van der Waals surface area contributed by atoms with Crippen LogP contribution in [0.4, 0.5) is 0 Å². The van der Waals surface area contributed by atoms with Crippen molar-refractivity contribution in [2.45, 2.75) is 39.7 Å². The van der Waals surface area contributed by atoms with Crippen molar-refractivity contribution >= 4 is 0 Å². The SMILES string of the molecule is CCc1ccccc1C(NN)C(C)CC. The zero-order chi connectivity index (χ0) is 11.3. The van der Waals surface area contributed by atoms with Gasteiger partial charge in [-0.2, -0.15) is 0 Å². The van der Waals surface area contributed by atoms with E-state index in [0.717, 1.165) is 12.8 Å². The van der Waals surface area contributed by atoms with E-state index in [9.17, 15) is 0 Å². The summed E-state index contributed by atoms with van der Waals surface area (Å²) in [6.07, 6.45) is 2.19. The van der Waals surface area contributed by atoms with E-state index in [4.69, 9.17) is 5.84 Å². The summed E-state index contributed by atoms with van der Waals surface area (Å²) < 4.78 is 0. The monoisotopic (exact) mass is 206 g/mol. The zero-order valence-electron chi connectivity index (χ0n) is 9.96. The minimum absolute atomic E-state index is 0.270. The number of hydrogen-bond acceptors (Lipinski definition) is 2. The molecule has 0 bridgehead atoms. The van der Waals surface area contributed by atoms with Gasteiger partial charge in [0, 0.05) is 6.04 Å². The van der Waals surface area contributed by atoms with E-state index in [1.165, 1.54) is 11.1 Å². The maximum Gasteiger partial charge on any atom is 0.0488 e. The molecule has 0 aliphatic heterocycles. The first-order chi connectivity index (χ1) is 7.24. The molecule has 0 amide bonds. The lowest BCUT2D eigenvalue weighted by Gasteiger charge is -2.24. The molecule has 2 unspecified atom stereocenters.